The molecule has 1 rings (SSSR count). The Kier molecular flexibility index (Phi) is 3.28. The maximum atomic E-state index is 10.9. The number of ether oxygens (including phenoxy) is 1. The molecular weight excluding hydrogens is 182 g/mol. The summed E-state index contributed by atoms with van der Waals surface area (Å²) in [5.74, 6) is 0.140. The van der Waals surface area contributed by atoms with Crippen LogP contribution < -0.4 is 16.2 Å². The Morgan fingerprint density at radius 2 is 2.43 bits per heavy atom. The van der Waals surface area contributed by atoms with E-state index in [0.29, 0.717) is 12.2 Å². The Labute approximate surface area is 82.1 Å². The van der Waals surface area contributed by atoms with Crippen LogP contribution in [0.1, 0.15) is 13.3 Å². The molecule has 14 heavy (non-hydrogen) atoms. The molecule has 1 heterocycles. The van der Waals surface area contributed by atoms with Crippen LogP contribution in [0.4, 0.5) is 5.82 Å². The maximum absolute atomic E-state index is 10.9. The van der Waals surface area contributed by atoms with E-state index in [0.717, 1.165) is 0 Å². The van der Waals surface area contributed by atoms with E-state index in [1.165, 1.54) is 0 Å². The number of hydrogen-bond donors (Lipinski definition) is 2. The Balaban J connectivity index is 2.77. The number of rotatable bonds is 4. The minimum Gasteiger partial charge on any atom is -0.477 e. The highest BCUT2D eigenvalue weighted by Gasteiger charge is 2.15. The van der Waals surface area contributed by atoms with E-state index >= 15 is 0 Å². The third kappa shape index (κ3) is 2.35. The fraction of sp³-hybridized carbons (Fsp3) is 0.333. The molecule has 0 saturated heterocycles. The van der Waals surface area contributed by atoms with Crippen LogP contribution in [-0.2, 0) is 4.79 Å². The molecule has 76 valence electrons. The Morgan fingerprint density at radius 1 is 1.71 bits per heavy atom. The zero-order valence-corrected chi connectivity index (χ0v) is 7.93. The van der Waals surface area contributed by atoms with Gasteiger partial charge < -0.3 is 16.2 Å². The van der Waals surface area contributed by atoms with Crippen LogP contribution in [0.15, 0.2) is 18.3 Å². The lowest BCUT2D eigenvalue weighted by Gasteiger charge is -2.14. The van der Waals surface area contributed by atoms with Gasteiger partial charge in [-0.3, -0.25) is 4.79 Å². The topological polar surface area (TPSA) is 91.2 Å². The van der Waals surface area contributed by atoms with E-state index in [2.05, 4.69) is 4.98 Å². The lowest BCUT2D eigenvalue weighted by atomic mass is 10.2. The zero-order valence-electron chi connectivity index (χ0n) is 7.93. The number of nitrogen functional groups attached to an aromatic ring is 1. The van der Waals surface area contributed by atoms with Crippen molar-refractivity contribution in [3.8, 4) is 5.75 Å². The van der Waals surface area contributed by atoms with Gasteiger partial charge in [-0.25, -0.2) is 4.98 Å². The highest BCUT2D eigenvalue weighted by Crippen LogP contribution is 2.19. The molecule has 1 amide bonds. The van der Waals surface area contributed by atoms with E-state index in [1.807, 2.05) is 6.92 Å². The van der Waals surface area contributed by atoms with Gasteiger partial charge in [0.15, 0.2) is 17.7 Å². The maximum Gasteiger partial charge on any atom is 0.258 e. The average molecular weight is 195 g/mol. The normalized spacial score (nSPS) is 12.1. The standard InChI is InChI=1S/C9H13N3O2/c1-2-6(9(11)13)14-7-4-3-5-12-8(7)10/h3-6H,2H2,1H3,(H2,10,12)(H2,11,13). The number of pyridine rings is 1. The lowest BCUT2D eigenvalue weighted by Crippen LogP contribution is -2.33. The molecule has 5 heteroatoms. The molecule has 1 unspecified atom stereocenters. The summed E-state index contributed by atoms with van der Waals surface area (Å²) in [6.45, 7) is 1.81. The van der Waals surface area contributed by atoms with Gasteiger partial charge in [0, 0.05) is 6.20 Å². The summed E-state index contributed by atoms with van der Waals surface area (Å²) in [7, 11) is 0. The Hall–Kier alpha value is -1.78. The van der Waals surface area contributed by atoms with Crippen molar-refractivity contribution in [2.75, 3.05) is 5.73 Å². The molecule has 0 spiro atoms. The van der Waals surface area contributed by atoms with Gasteiger partial charge in [-0.2, -0.15) is 0 Å². The lowest BCUT2D eigenvalue weighted by molar-refractivity contribution is -0.124. The van der Waals surface area contributed by atoms with Gasteiger partial charge in [-0.05, 0) is 18.6 Å². The molecule has 0 aromatic carbocycles. The average Bonchev–Trinajstić information content (AvgIpc) is 2.16. The van der Waals surface area contributed by atoms with Crippen molar-refractivity contribution in [3.05, 3.63) is 18.3 Å². The molecule has 0 aliphatic carbocycles. The minimum absolute atomic E-state index is 0.257. The molecule has 0 aliphatic rings. The predicted molar refractivity (Wildman–Crippen MR) is 52.6 cm³/mol. The SMILES string of the molecule is CCC(Oc1cccnc1N)C(N)=O. The second-order valence-corrected chi connectivity index (χ2v) is 2.80. The zero-order chi connectivity index (χ0) is 10.6. The first-order valence-corrected chi connectivity index (χ1v) is 4.31. The first kappa shape index (κ1) is 10.3. The quantitative estimate of drug-likeness (QED) is 0.723. The van der Waals surface area contributed by atoms with Crippen molar-refractivity contribution >= 4 is 11.7 Å². The molecule has 4 N–H and O–H groups in total. The summed E-state index contributed by atoms with van der Waals surface area (Å²) in [6, 6.07) is 3.33. The van der Waals surface area contributed by atoms with Crippen molar-refractivity contribution in [1.82, 2.24) is 4.98 Å². The molecule has 0 aliphatic heterocycles. The van der Waals surface area contributed by atoms with Gasteiger partial charge >= 0.3 is 0 Å². The molecule has 0 fully saturated rings. The fourth-order valence-electron chi connectivity index (χ4n) is 0.998. The Morgan fingerprint density at radius 3 is 2.93 bits per heavy atom. The van der Waals surface area contributed by atoms with E-state index in [4.69, 9.17) is 16.2 Å². The third-order valence-corrected chi connectivity index (χ3v) is 1.76. The van der Waals surface area contributed by atoms with Crippen LogP contribution in [-0.4, -0.2) is 17.0 Å². The second kappa shape index (κ2) is 4.45. The third-order valence-electron chi connectivity index (χ3n) is 1.76. The number of carbonyl (C=O) groups is 1. The summed E-state index contributed by atoms with van der Waals surface area (Å²) in [4.78, 5) is 14.7. The highest BCUT2D eigenvalue weighted by molar-refractivity contribution is 5.79. The van der Waals surface area contributed by atoms with Crippen molar-refractivity contribution < 1.29 is 9.53 Å². The van der Waals surface area contributed by atoms with Gasteiger partial charge in [0.05, 0.1) is 0 Å². The van der Waals surface area contributed by atoms with E-state index in [1.54, 1.807) is 18.3 Å². The fourth-order valence-corrected chi connectivity index (χ4v) is 0.998. The Bertz CT molecular complexity index is 328. The predicted octanol–water partition coefficient (Wildman–Crippen LogP) is 0.306. The number of anilines is 1. The van der Waals surface area contributed by atoms with Crippen LogP contribution in [0, 0.1) is 0 Å². The minimum atomic E-state index is -0.651. The van der Waals surface area contributed by atoms with Crippen LogP contribution in [0.3, 0.4) is 0 Å². The highest BCUT2D eigenvalue weighted by atomic mass is 16.5. The number of amides is 1. The second-order valence-electron chi connectivity index (χ2n) is 2.80. The van der Waals surface area contributed by atoms with Gasteiger partial charge in [-0.1, -0.05) is 6.92 Å². The van der Waals surface area contributed by atoms with Crippen LogP contribution >= 0.6 is 0 Å². The number of nitrogens with zero attached hydrogens (tertiary/aromatic N) is 1. The van der Waals surface area contributed by atoms with Gasteiger partial charge in [0.25, 0.3) is 5.91 Å². The van der Waals surface area contributed by atoms with Crippen LogP contribution in [0.2, 0.25) is 0 Å². The van der Waals surface area contributed by atoms with E-state index in [-0.39, 0.29) is 5.82 Å². The number of hydrogen-bond acceptors (Lipinski definition) is 4. The molecule has 0 bridgehead atoms. The monoisotopic (exact) mass is 195 g/mol. The van der Waals surface area contributed by atoms with Crippen molar-refractivity contribution in [3.63, 3.8) is 0 Å². The number of aromatic nitrogens is 1. The molecule has 1 atom stereocenters. The summed E-state index contributed by atoms with van der Waals surface area (Å²) in [5.41, 5.74) is 10.7. The van der Waals surface area contributed by atoms with Crippen LogP contribution in [0.5, 0.6) is 5.75 Å². The molecule has 1 aromatic heterocycles. The first-order chi connectivity index (χ1) is 6.65. The van der Waals surface area contributed by atoms with E-state index in [9.17, 15) is 4.79 Å². The van der Waals surface area contributed by atoms with Crippen molar-refractivity contribution in [1.29, 1.82) is 0 Å². The molecule has 1 aromatic rings. The summed E-state index contributed by atoms with van der Waals surface area (Å²) < 4.78 is 5.29. The number of primary amides is 1. The molecule has 5 nitrogen and oxygen atoms in total. The molecular formula is C9H13N3O2. The van der Waals surface area contributed by atoms with Crippen molar-refractivity contribution in [2.24, 2.45) is 5.73 Å². The smallest absolute Gasteiger partial charge is 0.258 e. The van der Waals surface area contributed by atoms with Crippen molar-refractivity contribution in [2.45, 2.75) is 19.4 Å². The number of nitrogens with two attached hydrogens (primary N) is 2. The summed E-state index contributed by atoms with van der Waals surface area (Å²) in [6.07, 6.45) is 1.40. The largest absolute Gasteiger partial charge is 0.477 e. The summed E-state index contributed by atoms with van der Waals surface area (Å²) >= 11 is 0. The van der Waals surface area contributed by atoms with Crippen LogP contribution in [0.25, 0.3) is 0 Å². The van der Waals surface area contributed by atoms with E-state index < -0.39 is 12.0 Å². The molecule has 0 radical (unpaired) electrons. The summed E-state index contributed by atoms with van der Waals surface area (Å²) in [5, 5.41) is 0. The van der Waals surface area contributed by atoms with Gasteiger partial charge in [0.1, 0.15) is 0 Å². The number of carbonyl (C=O) groups excluding carboxylic acids is 1. The van der Waals surface area contributed by atoms with Gasteiger partial charge in [0.2, 0.25) is 0 Å². The molecule has 0 saturated carbocycles. The van der Waals surface area contributed by atoms with Gasteiger partial charge in [-0.15, -0.1) is 0 Å². The first-order valence-electron chi connectivity index (χ1n) is 4.31.